The van der Waals surface area contributed by atoms with Crippen molar-refractivity contribution in [3.8, 4) is 0 Å². The van der Waals surface area contributed by atoms with Crippen LogP contribution in [-0.2, 0) is 9.53 Å². The van der Waals surface area contributed by atoms with Crippen molar-refractivity contribution in [2.75, 3.05) is 0 Å². The van der Waals surface area contributed by atoms with Gasteiger partial charge in [-0.1, -0.05) is 0 Å². The maximum atomic E-state index is 13.3. The summed E-state index contributed by atoms with van der Waals surface area (Å²) >= 11 is -4.14. The molecule has 2 aromatic heterocycles. The molecule has 4 unspecified atom stereocenters. The number of nitrogens with zero attached hydrogens (tertiary/aromatic N) is 4. The topological polar surface area (TPSA) is 60.9 Å². The van der Waals surface area contributed by atoms with Crippen molar-refractivity contribution in [1.82, 2.24) is 4.75 Å². The molecule has 4 aliphatic heterocycles. The van der Waals surface area contributed by atoms with Gasteiger partial charge in [-0.15, -0.1) is 0 Å². The second kappa shape index (κ2) is 14.1. The Bertz CT molecular complexity index is 2950. The zero-order chi connectivity index (χ0) is 39.9. The molecular weight excluding hydrogens is 929 g/mol. The van der Waals surface area contributed by atoms with Gasteiger partial charge in [0.15, 0.2) is 0 Å². The third kappa shape index (κ3) is 5.53. The Balaban J connectivity index is 1.35. The van der Waals surface area contributed by atoms with E-state index in [4.69, 9.17) is 14.7 Å². The van der Waals surface area contributed by atoms with Gasteiger partial charge in [-0.2, -0.15) is 0 Å². The first-order chi connectivity index (χ1) is 29.6. The van der Waals surface area contributed by atoms with E-state index in [1.165, 1.54) is 0 Å². The van der Waals surface area contributed by atoms with Gasteiger partial charge in [0.2, 0.25) is 0 Å². The van der Waals surface area contributed by atoms with E-state index >= 15 is 0 Å². The van der Waals surface area contributed by atoms with Gasteiger partial charge < -0.3 is 0 Å². The SMILES string of the molecule is CC(=O)OC1C2C=CC(C2)[CH]1[Tl]1[n]2c3ccc2C(c2ccccc2)=C2C=CC(=N2)C(c2ccccc2)=c2ccc([n]21)=C(c1ccccc1)C1=NC(=C3c2ccccc2)C=C1. The van der Waals surface area contributed by atoms with Crippen molar-refractivity contribution < 1.29 is 9.53 Å². The summed E-state index contributed by atoms with van der Waals surface area (Å²) in [6.07, 6.45) is 14.3. The molecule has 7 heteroatoms. The number of esters is 1. The zero-order valence-electron chi connectivity index (χ0n) is 33.0. The standard InChI is InChI=1S/C44H28N4.C9H11O2.Tl/c1-5-13-29(14-6-1)41-33-21-23-35(45-33)42(30-15-7-2-8-16-30)37-25-27-39(47-37)44(32-19-11-4-12-20-32)40-28-26-38(48-40)43(31-17-9-3-10-18-31)36-24-22-34(41)46-36;1-6(10)11-9-5-7-2-3-8(9)4-7;/h1-28H;2-3,5,7-9H,4H2,1H3;/q-2;;+2. The Hall–Kier alpha value is -6.39. The summed E-state index contributed by atoms with van der Waals surface area (Å²) in [5.41, 5.74) is 14.8. The predicted molar refractivity (Wildman–Crippen MR) is 241 cm³/mol. The first-order valence-electron chi connectivity index (χ1n) is 20.9. The minimum atomic E-state index is -4.14. The number of benzene rings is 4. The van der Waals surface area contributed by atoms with Crippen molar-refractivity contribution in [2.45, 2.75) is 22.9 Å². The van der Waals surface area contributed by atoms with Gasteiger partial charge in [0.25, 0.3) is 0 Å². The first-order valence-corrected chi connectivity index (χ1v) is 27.5. The monoisotopic (exact) mass is 968 g/mol. The molecule has 6 heterocycles. The third-order valence-electron chi connectivity index (χ3n) is 13.0. The molecule has 1 saturated carbocycles. The molecule has 6 aromatic rings. The Kier molecular flexibility index (Phi) is 8.37. The van der Waals surface area contributed by atoms with Crippen molar-refractivity contribution in [3.63, 3.8) is 0 Å². The molecule has 0 saturated heterocycles. The number of allylic oxidation sites excluding steroid dienone is 5. The van der Waals surface area contributed by atoms with Crippen LogP contribution < -0.4 is 10.7 Å². The van der Waals surface area contributed by atoms with Crippen LogP contribution in [0.25, 0.3) is 22.3 Å². The molecular formula is C53H39N4O2Tl. The summed E-state index contributed by atoms with van der Waals surface area (Å²) in [5, 5.41) is 2.27. The van der Waals surface area contributed by atoms with Crippen LogP contribution in [0.5, 0.6) is 0 Å². The van der Waals surface area contributed by atoms with Gasteiger partial charge in [-0.3, -0.25) is 0 Å². The van der Waals surface area contributed by atoms with E-state index in [9.17, 15) is 4.79 Å². The summed E-state index contributed by atoms with van der Waals surface area (Å²) in [5.74, 6) is 0.195. The molecule has 0 amide bonds. The van der Waals surface area contributed by atoms with E-state index in [0.29, 0.717) is 0 Å². The van der Waals surface area contributed by atoms with Crippen molar-refractivity contribution >= 4 is 63.0 Å². The summed E-state index contributed by atoms with van der Waals surface area (Å²) in [6.45, 7) is 1.58. The van der Waals surface area contributed by atoms with Gasteiger partial charge in [0, 0.05) is 0 Å². The number of ether oxygens (including phenoxy) is 1. The first kappa shape index (κ1) is 35.5. The Morgan fingerprint density at radius 1 is 0.533 bits per heavy atom. The summed E-state index contributed by atoms with van der Waals surface area (Å²) < 4.78 is 12.3. The van der Waals surface area contributed by atoms with E-state index in [2.05, 4.69) is 187 Å². The predicted octanol–water partition coefficient (Wildman–Crippen LogP) is 8.65. The fourth-order valence-electron chi connectivity index (χ4n) is 10.7. The van der Waals surface area contributed by atoms with Crippen molar-refractivity contribution in [2.24, 2.45) is 21.8 Å². The number of aliphatic imine (C=N–C) groups is 2. The van der Waals surface area contributed by atoms with Gasteiger partial charge in [0.1, 0.15) is 0 Å². The molecule has 4 aromatic carbocycles. The van der Waals surface area contributed by atoms with E-state index in [1.807, 2.05) is 0 Å². The van der Waals surface area contributed by atoms with E-state index in [1.54, 1.807) is 6.92 Å². The summed E-state index contributed by atoms with van der Waals surface area (Å²) in [4.78, 5) is 24.4. The van der Waals surface area contributed by atoms with Gasteiger partial charge in [-0.25, -0.2) is 0 Å². The molecule has 0 spiro atoms. The molecule has 286 valence electrons. The molecule has 6 aliphatic rings. The van der Waals surface area contributed by atoms with Crippen LogP contribution in [0.3, 0.4) is 0 Å². The molecule has 6 nitrogen and oxygen atoms in total. The molecule has 0 radical (unpaired) electrons. The Morgan fingerprint density at radius 2 is 0.967 bits per heavy atom. The van der Waals surface area contributed by atoms with Crippen LogP contribution in [0.15, 0.2) is 203 Å². The van der Waals surface area contributed by atoms with Crippen LogP contribution in [0, 0.1) is 11.8 Å². The zero-order valence-corrected chi connectivity index (χ0v) is 37.5. The number of fused-ring (bicyclic) bond motifs is 4. The quantitative estimate of drug-likeness (QED) is 0.0955. The normalized spacial score (nSPS) is 21.9. The molecule has 2 aliphatic carbocycles. The van der Waals surface area contributed by atoms with E-state index in [0.717, 1.165) is 95.9 Å². The van der Waals surface area contributed by atoms with Gasteiger partial charge in [0.05, 0.1) is 0 Å². The van der Waals surface area contributed by atoms with Crippen LogP contribution in [0.2, 0.25) is 3.48 Å². The number of carbonyl (C=O) groups is 1. The van der Waals surface area contributed by atoms with Crippen LogP contribution in [-0.4, -0.2) is 51.6 Å². The number of carbonyl (C=O) groups excluding carboxylic acids is 1. The summed E-state index contributed by atoms with van der Waals surface area (Å²) in [6, 6.07) is 52.4. The Labute approximate surface area is 357 Å². The fourth-order valence-corrected chi connectivity index (χ4v) is 27.6. The van der Waals surface area contributed by atoms with Crippen LogP contribution in [0.1, 0.15) is 47.0 Å². The second-order valence-electron chi connectivity index (χ2n) is 16.4. The maximum absolute atomic E-state index is 13.3. The molecule has 4 atom stereocenters. The average Bonchev–Trinajstić information content (AvgIpc) is 4.16. The molecule has 0 N–H and O–H groups in total. The number of hydrogen-bond donors (Lipinski definition) is 0. The second-order valence-corrected chi connectivity index (χ2v) is 26.6. The third-order valence-corrected chi connectivity index (χ3v) is 27.5. The number of rotatable bonds is 6. The van der Waals surface area contributed by atoms with Crippen LogP contribution in [0.4, 0.5) is 0 Å². The molecule has 60 heavy (non-hydrogen) atoms. The van der Waals surface area contributed by atoms with Crippen molar-refractivity contribution in [1.29, 1.82) is 0 Å². The minimum absolute atomic E-state index is 0.0933. The van der Waals surface area contributed by atoms with Gasteiger partial charge in [-0.05, 0) is 0 Å². The fraction of sp³-hybridized carbons (Fsp3) is 0.113. The molecule has 12 rings (SSSR count). The molecule has 1 fully saturated rings. The summed E-state index contributed by atoms with van der Waals surface area (Å²) in [7, 11) is 0. The number of hydrogen-bond acceptors (Lipinski definition) is 4. The average molecular weight is 968 g/mol. The van der Waals surface area contributed by atoms with E-state index < -0.39 is 23.3 Å². The van der Waals surface area contributed by atoms with Gasteiger partial charge >= 0.3 is 360 Å². The number of aromatic nitrogens is 2. The molecule has 8 bridgehead atoms. The Morgan fingerprint density at radius 3 is 1.42 bits per heavy atom. The van der Waals surface area contributed by atoms with Crippen LogP contribution >= 0.6 is 0 Å². The van der Waals surface area contributed by atoms with E-state index in [-0.39, 0.29) is 27.4 Å². The van der Waals surface area contributed by atoms with Crippen molar-refractivity contribution in [3.05, 3.63) is 238 Å².